The number of hydrogen-bond donors (Lipinski definition) is 1. The molecule has 0 spiro atoms. The molecule has 1 aliphatic rings. The fourth-order valence-electron chi connectivity index (χ4n) is 4.21. The van der Waals surface area contributed by atoms with E-state index in [0.717, 1.165) is 23.3 Å². The second kappa shape index (κ2) is 9.58. The summed E-state index contributed by atoms with van der Waals surface area (Å²) in [7, 11) is -2.57. The van der Waals surface area contributed by atoms with Crippen molar-refractivity contribution in [2.45, 2.75) is 51.5 Å². The van der Waals surface area contributed by atoms with Gasteiger partial charge in [-0.2, -0.15) is 4.31 Å². The molecule has 0 unspecified atom stereocenters. The van der Waals surface area contributed by atoms with E-state index in [-0.39, 0.29) is 41.6 Å². The van der Waals surface area contributed by atoms with E-state index in [1.165, 1.54) is 28.6 Å². The van der Waals surface area contributed by atoms with Gasteiger partial charge in [0.1, 0.15) is 16.5 Å². The number of rotatable bonds is 6. The monoisotopic (exact) mass is 462 g/mol. The summed E-state index contributed by atoms with van der Waals surface area (Å²) in [4.78, 5) is 12.7. The number of ether oxygens (including phenoxy) is 1. The Bertz CT molecular complexity index is 1110. The second-order valence-corrected chi connectivity index (χ2v) is 10.4. The van der Waals surface area contributed by atoms with Gasteiger partial charge < -0.3 is 10.1 Å². The fourth-order valence-corrected chi connectivity index (χ4v) is 5.84. The number of hydrogen-bond acceptors (Lipinski definition) is 4. The molecule has 1 fully saturated rings. The average molecular weight is 463 g/mol. The Morgan fingerprint density at radius 1 is 1.09 bits per heavy atom. The van der Waals surface area contributed by atoms with Gasteiger partial charge in [0.2, 0.25) is 15.9 Å². The first-order chi connectivity index (χ1) is 15.0. The van der Waals surface area contributed by atoms with Gasteiger partial charge in [0.05, 0.1) is 13.2 Å². The third kappa shape index (κ3) is 4.96. The largest absolute Gasteiger partial charge is 0.495 e. The number of aryl methyl sites for hydroxylation is 3. The summed E-state index contributed by atoms with van der Waals surface area (Å²) in [5.74, 6) is -0.890. The third-order valence-electron chi connectivity index (χ3n) is 6.28. The molecule has 8 heteroatoms. The number of carbonyl (C=O) groups is 1. The van der Waals surface area contributed by atoms with Crippen LogP contribution in [0.1, 0.15) is 48.1 Å². The van der Waals surface area contributed by atoms with Gasteiger partial charge in [-0.15, -0.1) is 0 Å². The van der Waals surface area contributed by atoms with Crippen LogP contribution in [0.5, 0.6) is 5.75 Å². The van der Waals surface area contributed by atoms with Gasteiger partial charge in [-0.05, 0) is 81.0 Å². The van der Waals surface area contributed by atoms with Crippen molar-refractivity contribution in [1.29, 1.82) is 0 Å². The first kappa shape index (κ1) is 24.2. The molecule has 0 aliphatic carbocycles. The summed E-state index contributed by atoms with van der Waals surface area (Å²) >= 11 is 0. The minimum absolute atomic E-state index is 0.0736. The quantitative estimate of drug-likeness (QED) is 0.703. The number of halogens is 1. The van der Waals surface area contributed by atoms with Gasteiger partial charge in [-0.25, -0.2) is 12.8 Å². The first-order valence-electron chi connectivity index (χ1n) is 10.8. The molecule has 1 aliphatic heterocycles. The smallest absolute Gasteiger partial charge is 0.246 e. The highest BCUT2D eigenvalue weighted by molar-refractivity contribution is 7.89. The van der Waals surface area contributed by atoms with Gasteiger partial charge in [0, 0.05) is 19.0 Å². The van der Waals surface area contributed by atoms with Crippen LogP contribution in [0.25, 0.3) is 0 Å². The van der Waals surface area contributed by atoms with Crippen molar-refractivity contribution in [2.75, 3.05) is 20.2 Å². The highest BCUT2D eigenvalue weighted by Gasteiger charge is 2.34. The van der Waals surface area contributed by atoms with Crippen molar-refractivity contribution >= 4 is 15.9 Å². The van der Waals surface area contributed by atoms with E-state index in [4.69, 9.17) is 4.74 Å². The molecule has 32 heavy (non-hydrogen) atoms. The van der Waals surface area contributed by atoms with Gasteiger partial charge in [0.15, 0.2) is 0 Å². The highest BCUT2D eigenvalue weighted by Crippen LogP contribution is 2.31. The molecule has 1 saturated heterocycles. The maximum atomic E-state index is 13.7. The van der Waals surface area contributed by atoms with E-state index >= 15 is 0 Å². The Morgan fingerprint density at radius 3 is 2.34 bits per heavy atom. The van der Waals surface area contributed by atoms with Crippen LogP contribution >= 0.6 is 0 Å². The van der Waals surface area contributed by atoms with Crippen LogP contribution in [0.4, 0.5) is 4.39 Å². The zero-order valence-electron chi connectivity index (χ0n) is 19.2. The zero-order valence-corrected chi connectivity index (χ0v) is 20.1. The minimum atomic E-state index is -3.92. The summed E-state index contributed by atoms with van der Waals surface area (Å²) in [6.07, 6.45) is 0.808. The average Bonchev–Trinajstić information content (AvgIpc) is 2.76. The van der Waals surface area contributed by atoms with Crippen LogP contribution in [0.2, 0.25) is 0 Å². The minimum Gasteiger partial charge on any atom is -0.495 e. The Balaban J connectivity index is 1.66. The van der Waals surface area contributed by atoms with Crippen molar-refractivity contribution in [3.05, 3.63) is 58.4 Å². The summed E-state index contributed by atoms with van der Waals surface area (Å²) in [6, 6.07) is 7.53. The number of piperidine rings is 1. The van der Waals surface area contributed by atoms with Gasteiger partial charge >= 0.3 is 0 Å². The lowest BCUT2D eigenvalue weighted by atomic mass is 9.94. The number of sulfonamides is 1. The SMILES string of the molecule is COc1ccc(F)cc1S(=O)(=O)N1CCC(C(=O)N[C@H](C)c2cc(C)c(C)cc2C)CC1. The lowest BCUT2D eigenvalue weighted by Gasteiger charge is -2.31. The Kier molecular flexibility index (Phi) is 7.25. The Morgan fingerprint density at radius 2 is 1.72 bits per heavy atom. The molecule has 0 saturated carbocycles. The first-order valence-corrected chi connectivity index (χ1v) is 12.2. The normalized spacial score (nSPS) is 16.6. The predicted octanol–water partition coefficient (Wildman–Crippen LogP) is 4.04. The maximum absolute atomic E-state index is 13.7. The van der Waals surface area contributed by atoms with Gasteiger partial charge in [-0.1, -0.05) is 12.1 Å². The molecule has 1 atom stereocenters. The van der Waals surface area contributed by atoms with Crippen LogP contribution in [0, 0.1) is 32.5 Å². The topological polar surface area (TPSA) is 75.7 Å². The van der Waals surface area contributed by atoms with E-state index in [0.29, 0.717) is 12.8 Å². The second-order valence-electron chi connectivity index (χ2n) is 8.50. The molecule has 2 aromatic carbocycles. The van der Waals surface area contributed by atoms with Crippen LogP contribution in [-0.4, -0.2) is 38.8 Å². The molecule has 1 heterocycles. The highest BCUT2D eigenvalue weighted by atomic mass is 32.2. The molecule has 6 nitrogen and oxygen atoms in total. The van der Waals surface area contributed by atoms with Crippen LogP contribution in [0.3, 0.4) is 0 Å². The Hall–Kier alpha value is -2.45. The lowest BCUT2D eigenvalue weighted by Crippen LogP contribution is -2.43. The number of carbonyl (C=O) groups excluding carboxylic acids is 1. The molecule has 0 bridgehead atoms. The number of nitrogens with one attached hydrogen (secondary N) is 1. The van der Waals surface area contributed by atoms with Crippen LogP contribution < -0.4 is 10.1 Å². The molecule has 0 radical (unpaired) electrons. The summed E-state index contributed by atoms with van der Waals surface area (Å²) in [6.45, 7) is 8.50. The van der Waals surface area contributed by atoms with Crippen LogP contribution in [-0.2, 0) is 14.8 Å². The number of amides is 1. The van der Waals surface area contributed by atoms with Crippen molar-refractivity contribution < 1.29 is 22.3 Å². The molecule has 1 N–H and O–H groups in total. The molecular formula is C24H31FN2O4S. The lowest BCUT2D eigenvalue weighted by molar-refractivity contribution is -0.126. The number of nitrogens with zero attached hydrogens (tertiary/aromatic N) is 1. The molecule has 1 amide bonds. The van der Waals surface area contributed by atoms with E-state index < -0.39 is 15.8 Å². The van der Waals surface area contributed by atoms with Crippen molar-refractivity contribution in [2.24, 2.45) is 5.92 Å². The summed E-state index contributed by atoms with van der Waals surface area (Å²) in [5, 5.41) is 3.09. The van der Waals surface area contributed by atoms with Gasteiger partial charge in [0.25, 0.3) is 0 Å². The van der Waals surface area contributed by atoms with Crippen molar-refractivity contribution in [3.63, 3.8) is 0 Å². The number of benzene rings is 2. The van der Waals surface area contributed by atoms with E-state index in [9.17, 15) is 17.6 Å². The van der Waals surface area contributed by atoms with Gasteiger partial charge in [-0.3, -0.25) is 4.79 Å². The van der Waals surface area contributed by atoms with E-state index in [2.05, 4.69) is 31.3 Å². The standard InChI is InChI=1S/C24H31FN2O4S/c1-15-12-17(3)21(13-16(15)2)18(4)26-24(28)19-8-10-27(11-9-19)32(29,30)23-14-20(25)6-7-22(23)31-5/h6-7,12-14,18-19H,8-11H2,1-5H3,(H,26,28)/t18-/m1/s1. The van der Waals surface area contributed by atoms with E-state index in [1.54, 1.807) is 0 Å². The molecule has 3 rings (SSSR count). The van der Waals surface area contributed by atoms with Crippen molar-refractivity contribution in [1.82, 2.24) is 9.62 Å². The molecule has 174 valence electrons. The van der Waals surface area contributed by atoms with Crippen LogP contribution in [0.15, 0.2) is 35.2 Å². The molecule has 2 aromatic rings. The number of methoxy groups -OCH3 is 1. The van der Waals surface area contributed by atoms with E-state index in [1.807, 2.05) is 13.8 Å². The third-order valence-corrected chi connectivity index (χ3v) is 8.20. The Labute approximate surface area is 189 Å². The predicted molar refractivity (Wildman–Crippen MR) is 122 cm³/mol. The summed E-state index contributed by atoms with van der Waals surface area (Å²) in [5.41, 5.74) is 4.61. The molecular weight excluding hydrogens is 431 g/mol. The fraction of sp³-hybridized carbons (Fsp3) is 0.458. The zero-order chi connectivity index (χ0) is 23.6. The van der Waals surface area contributed by atoms with Crippen molar-refractivity contribution in [3.8, 4) is 5.75 Å². The summed E-state index contributed by atoms with van der Waals surface area (Å²) < 4.78 is 46.2. The molecule has 0 aromatic heterocycles. The maximum Gasteiger partial charge on any atom is 0.246 e.